The fraction of sp³-hybridized carbons (Fsp3) is 0.360. The third-order valence-corrected chi connectivity index (χ3v) is 7.38. The lowest BCUT2D eigenvalue weighted by atomic mass is 9.96. The first kappa shape index (κ1) is 21.6. The van der Waals surface area contributed by atoms with E-state index in [0.717, 1.165) is 47.0 Å². The maximum Gasteiger partial charge on any atom is 0.170 e. The summed E-state index contributed by atoms with van der Waals surface area (Å²) in [6.45, 7) is 6.00. The molecule has 5 nitrogen and oxygen atoms in total. The molecule has 3 atom stereocenters. The summed E-state index contributed by atoms with van der Waals surface area (Å²) < 4.78 is 9.37. The smallest absolute Gasteiger partial charge is 0.170 e. The van der Waals surface area contributed by atoms with Gasteiger partial charge in [-0.25, -0.2) is 0 Å². The number of hydrogen-bond acceptors (Lipinski definition) is 3. The standard InChI is InChI=1S/C25H27BrN4OS/c1-16-14-21(17(2)30(16)19-10-8-18(26)9-11-19)24-23(22-7-3-4-12-27-22)28-25(32)29(24)15-20-6-5-13-31-20/h3-4,7-12,14,20,23-24H,5-6,13,15H2,1-2H3,(H,28,32). The molecule has 0 aliphatic carbocycles. The van der Waals surface area contributed by atoms with Gasteiger partial charge in [-0.2, -0.15) is 0 Å². The van der Waals surface area contributed by atoms with Gasteiger partial charge < -0.3 is 19.5 Å². The van der Waals surface area contributed by atoms with Gasteiger partial charge >= 0.3 is 0 Å². The summed E-state index contributed by atoms with van der Waals surface area (Å²) in [6, 6.07) is 16.9. The van der Waals surface area contributed by atoms with Crippen molar-refractivity contribution >= 4 is 33.3 Å². The van der Waals surface area contributed by atoms with E-state index < -0.39 is 0 Å². The lowest BCUT2D eigenvalue weighted by molar-refractivity contribution is 0.0842. The molecule has 0 radical (unpaired) electrons. The van der Waals surface area contributed by atoms with Crippen LogP contribution in [0, 0.1) is 13.8 Å². The van der Waals surface area contributed by atoms with Gasteiger partial charge in [-0.15, -0.1) is 0 Å². The van der Waals surface area contributed by atoms with E-state index in [-0.39, 0.29) is 18.2 Å². The molecule has 1 N–H and O–H groups in total. The Labute approximate surface area is 202 Å². The van der Waals surface area contributed by atoms with Crippen molar-refractivity contribution < 1.29 is 4.74 Å². The highest BCUT2D eigenvalue weighted by Gasteiger charge is 2.42. The Bertz CT molecular complexity index is 1110. The van der Waals surface area contributed by atoms with Gasteiger partial charge in [0.05, 0.1) is 23.9 Å². The minimum Gasteiger partial charge on any atom is -0.376 e. The molecule has 4 heterocycles. The summed E-state index contributed by atoms with van der Waals surface area (Å²) >= 11 is 9.39. The maximum absolute atomic E-state index is 5.97. The zero-order valence-corrected chi connectivity index (χ0v) is 20.7. The van der Waals surface area contributed by atoms with Crippen LogP contribution in [-0.4, -0.2) is 38.8 Å². The number of benzene rings is 1. The third-order valence-electron chi connectivity index (χ3n) is 6.50. The van der Waals surface area contributed by atoms with Gasteiger partial charge in [0.25, 0.3) is 0 Å². The van der Waals surface area contributed by atoms with Crippen molar-refractivity contribution in [3.05, 3.63) is 81.8 Å². The highest BCUT2D eigenvalue weighted by Crippen LogP contribution is 2.42. The van der Waals surface area contributed by atoms with E-state index in [1.165, 1.54) is 17.0 Å². The summed E-state index contributed by atoms with van der Waals surface area (Å²) in [5, 5.41) is 4.34. The zero-order chi connectivity index (χ0) is 22.2. The Morgan fingerprint density at radius 3 is 2.69 bits per heavy atom. The molecule has 0 bridgehead atoms. The number of nitrogens with one attached hydrogen (secondary N) is 1. The first-order valence-electron chi connectivity index (χ1n) is 11.1. The SMILES string of the molecule is Cc1cc(C2C(c3ccccn3)NC(=S)N2CC2CCCO2)c(C)n1-c1ccc(Br)cc1. The van der Waals surface area contributed by atoms with Crippen LogP contribution in [0.25, 0.3) is 5.69 Å². The second-order valence-electron chi connectivity index (χ2n) is 8.55. The van der Waals surface area contributed by atoms with Crippen LogP contribution in [0.1, 0.15) is 47.6 Å². The number of hydrogen-bond donors (Lipinski definition) is 1. The minimum absolute atomic E-state index is 0.0102. The van der Waals surface area contributed by atoms with E-state index in [0.29, 0.717) is 0 Å². The van der Waals surface area contributed by atoms with E-state index in [9.17, 15) is 0 Å². The van der Waals surface area contributed by atoms with Gasteiger partial charge in [0.15, 0.2) is 5.11 Å². The van der Waals surface area contributed by atoms with Crippen molar-refractivity contribution in [1.29, 1.82) is 0 Å². The molecule has 2 aromatic heterocycles. The average molecular weight is 511 g/mol. The van der Waals surface area contributed by atoms with E-state index in [4.69, 9.17) is 17.0 Å². The molecule has 0 amide bonds. The molecule has 7 heteroatoms. The van der Waals surface area contributed by atoms with Crippen molar-refractivity contribution in [2.24, 2.45) is 0 Å². The van der Waals surface area contributed by atoms with Crippen LogP contribution in [0.4, 0.5) is 0 Å². The molecule has 2 aliphatic rings. The first-order valence-corrected chi connectivity index (χ1v) is 12.3. The van der Waals surface area contributed by atoms with Crippen molar-refractivity contribution in [2.75, 3.05) is 13.2 Å². The maximum atomic E-state index is 5.97. The number of aromatic nitrogens is 2. The topological polar surface area (TPSA) is 42.3 Å². The van der Waals surface area contributed by atoms with E-state index in [1.807, 2.05) is 18.3 Å². The molecular formula is C25H27BrN4OS. The molecule has 1 aromatic carbocycles. The van der Waals surface area contributed by atoms with Gasteiger partial charge in [-0.1, -0.05) is 22.0 Å². The average Bonchev–Trinajstić information content (AvgIpc) is 3.49. The number of rotatable bonds is 5. The monoisotopic (exact) mass is 510 g/mol. The summed E-state index contributed by atoms with van der Waals surface area (Å²) in [6.07, 6.45) is 4.27. The number of nitrogens with zero attached hydrogens (tertiary/aromatic N) is 3. The van der Waals surface area contributed by atoms with Crippen molar-refractivity contribution in [2.45, 2.75) is 44.9 Å². The van der Waals surface area contributed by atoms with E-state index >= 15 is 0 Å². The second-order valence-corrected chi connectivity index (χ2v) is 9.85. The van der Waals surface area contributed by atoms with Crippen LogP contribution in [0.2, 0.25) is 0 Å². The molecule has 2 aliphatic heterocycles. The van der Waals surface area contributed by atoms with Crippen molar-refractivity contribution in [3.63, 3.8) is 0 Å². The largest absolute Gasteiger partial charge is 0.376 e. The summed E-state index contributed by atoms with van der Waals surface area (Å²) in [7, 11) is 0. The number of aryl methyl sites for hydroxylation is 1. The third kappa shape index (κ3) is 3.98. The summed E-state index contributed by atoms with van der Waals surface area (Å²) in [5.74, 6) is 0. The molecule has 2 saturated heterocycles. The Morgan fingerprint density at radius 2 is 2.00 bits per heavy atom. The number of pyridine rings is 1. The van der Waals surface area contributed by atoms with Gasteiger partial charge in [0, 0.05) is 40.9 Å². The Hall–Kier alpha value is -2.22. The molecule has 0 saturated carbocycles. The Morgan fingerprint density at radius 1 is 1.19 bits per heavy atom. The molecule has 3 aromatic rings. The molecule has 3 unspecified atom stereocenters. The normalized spacial score (nSPS) is 23.0. The van der Waals surface area contributed by atoms with Crippen LogP contribution in [-0.2, 0) is 4.74 Å². The van der Waals surface area contributed by atoms with Crippen LogP contribution in [0.15, 0.2) is 59.2 Å². The quantitative estimate of drug-likeness (QED) is 0.465. The minimum atomic E-state index is -0.0102. The second kappa shape index (κ2) is 8.96. The molecule has 166 valence electrons. The predicted molar refractivity (Wildman–Crippen MR) is 134 cm³/mol. The van der Waals surface area contributed by atoms with Gasteiger partial charge in [-0.3, -0.25) is 4.98 Å². The predicted octanol–water partition coefficient (Wildman–Crippen LogP) is 5.40. The van der Waals surface area contributed by atoms with Gasteiger partial charge in [0.1, 0.15) is 0 Å². The summed E-state index contributed by atoms with van der Waals surface area (Å²) in [5.41, 5.74) is 5.85. The number of thiocarbonyl (C=S) groups is 1. The molecule has 32 heavy (non-hydrogen) atoms. The van der Waals surface area contributed by atoms with E-state index in [1.54, 1.807) is 0 Å². The zero-order valence-electron chi connectivity index (χ0n) is 18.3. The number of ether oxygens (including phenoxy) is 1. The lowest BCUT2D eigenvalue weighted by Crippen LogP contribution is -2.36. The Kier molecular flexibility index (Phi) is 6.05. The summed E-state index contributed by atoms with van der Waals surface area (Å²) in [4.78, 5) is 6.99. The van der Waals surface area contributed by atoms with Crippen LogP contribution < -0.4 is 5.32 Å². The highest BCUT2D eigenvalue weighted by atomic mass is 79.9. The highest BCUT2D eigenvalue weighted by molar-refractivity contribution is 9.10. The Balaban J connectivity index is 1.58. The van der Waals surface area contributed by atoms with Crippen molar-refractivity contribution in [1.82, 2.24) is 19.8 Å². The molecule has 5 rings (SSSR count). The fourth-order valence-electron chi connectivity index (χ4n) is 5.02. The van der Waals surface area contributed by atoms with Crippen LogP contribution >= 0.6 is 28.1 Å². The number of halogens is 1. The van der Waals surface area contributed by atoms with Crippen LogP contribution in [0.3, 0.4) is 0 Å². The van der Waals surface area contributed by atoms with Crippen LogP contribution in [0.5, 0.6) is 0 Å². The van der Waals surface area contributed by atoms with Gasteiger partial charge in [-0.05, 0) is 86.9 Å². The molecule has 2 fully saturated rings. The first-order chi connectivity index (χ1) is 15.5. The van der Waals surface area contributed by atoms with Gasteiger partial charge in [0.2, 0.25) is 0 Å². The molecular weight excluding hydrogens is 484 g/mol. The van der Waals surface area contributed by atoms with Crippen molar-refractivity contribution in [3.8, 4) is 5.69 Å². The fourth-order valence-corrected chi connectivity index (χ4v) is 5.60. The lowest BCUT2D eigenvalue weighted by Gasteiger charge is -2.30. The molecule has 0 spiro atoms. The van der Waals surface area contributed by atoms with E-state index in [2.05, 4.69) is 85.9 Å².